The van der Waals surface area contributed by atoms with Crippen molar-refractivity contribution in [1.29, 1.82) is 0 Å². The van der Waals surface area contributed by atoms with E-state index in [1.807, 2.05) is 0 Å². The summed E-state index contributed by atoms with van der Waals surface area (Å²) in [5, 5.41) is 2.58. The highest BCUT2D eigenvalue weighted by atomic mass is 32.2. The molecule has 0 saturated carbocycles. The lowest BCUT2D eigenvalue weighted by Gasteiger charge is -2.39. The third kappa shape index (κ3) is 4.59. The Morgan fingerprint density at radius 2 is 1.82 bits per heavy atom. The molecule has 1 amide bonds. The SMILES string of the molecule is C[C@@]1(c2ccccc2F)CS2(=O)=N[C@H](C(F)(F)F)CCCN2C(NC(=O)c2ccccc2)=N1. The lowest BCUT2D eigenvalue weighted by atomic mass is 9.94. The van der Waals surface area contributed by atoms with Gasteiger partial charge in [0.15, 0.2) is 6.04 Å². The third-order valence-corrected chi connectivity index (χ3v) is 8.19. The fourth-order valence-electron chi connectivity index (χ4n) is 4.04. The van der Waals surface area contributed by atoms with E-state index in [1.165, 1.54) is 25.1 Å². The molecular weight excluding hydrogens is 460 g/mol. The van der Waals surface area contributed by atoms with Crippen molar-refractivity contribution in [3.8, 4) is 0 Å². The molecule has 33 heavy (non-hydrogen) atoms. The molecule has 0 aliphatic carbocycles. The van der Waals surface area contributed by atoms with Gasteiger partial charge in [0.2, 0.25) is 5.96 Å². The standard InChI is InChI=1S/C22H22F4N4O2S/c1-21(16-10-5-6-11-17(16)23)14-33(32)29-18(22(24,25)26)12-7-13-30(33)20(28-21)27-19(31)15-8-3-2-4-9-15/h2-6,8-11,18H,7,12-14H2,1H3,(H,27,28,31)/t18-,21-,33?/m0/s1. The Morgan fingerprint density at radius 1 is 1.15 bits per heavy atom. The first-order chi connectivity index (χ1) is 15.5. The van der Waals surface area contributed by atoms with Crippen molar-refractivity contribution in [2.45, 2.75) is 37.5 Å². The van der Waals surface area contributed by atoms with Crippen LogP contribution in [-0.2, 0) is 15.5 Å². The first-order valence-corrected chi connectivity index (χ1v) is 12.0. The number of aliphatic imine (C=N–C) groups is 1. The van der Waals surface area contributed by atoms with Crippen molar-refractivity contribution >= 4 is 21.8 Å². The summed E-state index contributed by atoms with van der Waals surface area (Å²) in [5.41, 5.74) is -1.17. The predicted molar refractivity (Wildman–Crippen MR) is 116 cm³/mol. The molecule has 0 spiro atoms. The summed E-state index contributed by atoms with van der Waals surface area (Å²) in [5.74, 6) is -1.85. The highest BCUT2D eigenvalue weighted by Gasteiger charge is 2.48. The molecule has 2 aromatic carbocycles. The van der Waals surface area contributed by atoms with E-state index < -0.39 is 45.1 Å². The molecule has 1 N–H and O–H groups in total. The molecule has 2 aliphatic rings. The number of amides is 1. The van der Waals surface area contributed by atoms with Gasteiger partial charge in [-0.3, -0.25) is 14.4 Å². The monoisotopic (exact) mass is 482 g/mol. The number of carbonyl (C=O) groups excluding carboxylic acids is 1. The number of nitrogens with one attached hydrogen (secondary N) is 1. The van der Waals surface area contributed by atoms with Crippen LogP contribution in [0.4, 0.5) is 17.6 Å². The molecular formula is C22H22F4N4O2S. The minimum Gasteiger partial charge on any atom is -0.292 e. The fourth-order valence-corrected chi connectivity index (χ4v) is 6.73. The lowest BCUT2D eigenvalue weighted by molar-refractivity contribution is -0.147. The molecule has 6 nitrogen and oxygen atoms in total. The Hall–Kier alpha value is -2.95. The zero-order valence-corrected chi connectivity index (χ0v) is 18.5. The number of halogens is 4. The lowest BCUT2D eigenvalue weighted by Crippen LogP contribution is -2.55. The van der Waals surface area contributed by atoms with Gasteiger partial charge in [0.1, 0.15) is 21.3 Å². The molecule has 3 atom stereocenters. The van der Waals surface area contributed by atoms with Gasteiger partial charge in [0, 0.05) is 17.7 Å². The van der Waals surface area contributed by atoms with E-state index in [0.717, 1.165) is 4.31 Å². The summed E-state index contributed by atoms with van der Waals surface area (Å²) in [6.45, 7) is 1.43. The van der Waals surface area contributed by atoms with Crippen LogP contribution < -0.4 is 5.32 Å². The van der Waals surface area contributed by atoms with Gasteiger partial charge in [-0.15, -0.1) is 0 Å². The molecule has 0 bridgehead atoms. The summed E-state index contributed by atoms with van der Waals surface area (Å²) >= 11 is 0. The quantitative estimate of drug-likeness (QED) is 0.650. The number of alkyl halides is 3. The summed E-state index contributed by atoms with van der Waals surface area (Å²) in [4.78, 5) is 17.3. The molecule has 0 radical (unpaired) electrons. The van der Waals surface area contributed by atoms with Gasteiger partial charge in [-0.05, 0) is 38.0 Å². The Bertz CT molecular complexity index is 1210. The maximum atomic E-state index is 14.7. The smallest absolute Gasteiger partial charge is 0.292 e. The number of fused-ring (bicyclic) bond motifs is 1. The van der Waals surface area contributed by atoms with Gasteiger partial charge in [0.05, 0.1) is 5.75 Å². The van der Waals surface area contributed by atoms with Gasteiger partial charge in [-0.1, -0.05) is 36.4 Å². The van der Waals surface area contributed by atoms with Crippen molar-refractivity contribution in [3.63, 3.8) is 0 Å². The molecule has 176 valence electrons. The number of rotatable bonds is 2. The predicted octanol–water partition coefficient (Wildman–Crippen LogP) is 4.25. The van der Waals surface area contributed by atoms with Crippen LogP contribution in [0.5, 0.6) is 0 Å². The van der Waals surface area contributed by atoms with Gasteiger partial charge in [0.25, 0.3) is 5.91 Å². The van der Waals surface area contributed by atoms with E-state index in [2.05, 4.69) is 14.7 Å². The maximum absolute atomic E-state index is 14.7. The van der Waals surface area contributed by atoms with Crippen LogP contribution in [0.25, 0.3) is 0 Å². The molecule has 11 heteroatoms. The zero-order valence-electron chi connectivity index (χ0n) is 17.7. The van der Waals surface area contributed by atoms with E-state index in [-0.39, 0.29) is 36.5 Å². The second-order valence-corrected chi connectivity index (χ2v) is 10.3. The van der Waals surface area contributed by atoms with Crippen molar-refractivity contribution in [2.75, 3.05) is 12.3 Å². The van der Waals surface area contributed by atoms with Crippen molar-refractivity contribution in [3.05, 3.63) is 71.5 Å². The molecule has 2 aromatic rings. The fraction of sp³-hybridized carbons (Fsp3) is 0.364. The van der Waals surface area contributed by atoms with Crippen LogP contribution >= 0.6 is 0 Å². The van der Waals surface area contributed by atoms with Crippen molar-refractivity contribution in [2.24, 2.45) is 9.36 Å². The van der Waals surface area contributed by atoms with E-state index in [4.69, 9.17) is 0 Å². The highest BCUT2D eigenvalue weighted by Crippen LogP contribution is 2.38. The number of nitrogens with zero attached hydrogens (tertiary/aromatic N) is 3. The number of carbonyl (C=O) groups is 1. The average molecular weight is 483 g/mol. The summed E-state index contributed by atoms with van der Waals surface area (Å²) < 4.78 is 74.3. The van der Waals surface area contributed by atoms with Gasteiger partial charge < -0.3 is 0 Å². The van der Waals surface area contributed by atoms with E-state index in [1.54, 1.807) is 36.4 Å². The minimum absolute atomic E-state index is 0.0430. The molecule has 4 rings (SSSR count). The minimum atomic E-state index is -4.67. The van der Waals surface area contributed by atoms with Gasteiger partial charge in [-0.25, -0.2) is 18.0 Å². The second kappa shape index (κ2) is 8.44. The molecule has 2 aliphatic heterocycles. The third-order valence-electron chi connectivity index (χ3n) is 5.63. The first kappa shape index (κ1) is 23.2. The van der Waals surface area contributed by atoms with Crippen LogP contribution in [0.15, 0.2) is 64.0 Å². The van der Waals surface area contributed by atoms with E-state index in [9.17, 15) is 26.6 Å². The summed E-state index contributed by atoms with van der Waals surface area (Å²) in [6.07, 6.45) is -4.97. The summed E-state index contributed by atoms with van der Waals surface area (Å²) in [6, 6.07) is 11.7. The first-order valence-electron chi connectivity index (χ1n) is 10.3. The number of benzene rings is 2. The Kier molecular flexibility index (Phi) is 5.94. The average Bonchev–Trinajstić information content (AvgIpc) is 2.93. The van der Waals surface area contributed by atoms with E-state index >= 15 is 0 Å². The van der Waals surface area contributed by atoms with Crippen molar-refractivity contribution < 1.29 is 26.6 Å². The Labute approximate surface area is 189 Å². The normalized spacial score (nSPS) is 27.6. The zero-order chi connectivity index (χ0) is 23.9. The van der Waals surface area contributed by atoms with Gasteiger partial charge >= 0.3 is 6.18 Å². The molecule has 2 heterocycles. The van der Waals surface area contributed by atoms with Crippen LogP contribution in [0.2, 0.25) is 0 Å². The molecule has 1 unspecified atom stereocenters. The second-order valence-electron chi connectivity index (χ2n) is 8.17. The number of hydrogen-bond acceptors (Lipinski definition) is 4. The molecule has 0 aromatic heterocycles. The topological polar surface area (TPSA) is 74.1 Å². The Morgan fingerprint density at radius 3 is 2.48 bits per heavy atom. The van der Waals surface area contributed by atoms with Crippen LogP contribution in [0, 0.1) is 5.82 Å². The molecule has 0 saturated heterocycles. The number of guanidine groups is 1. The van der Waals surface area contributed by atoms with E-state index in [0.29, 0.717) is 0 Å². The Balaban J connectivity index is 1.85. The molecule has 0 fully saturated rings. The van der Waals surface area contributed by atoms with Crippen LogP contribution in [0.1, 0.15) is 35.7 Å². The van der Waals surface area contributed by atoms with Crippen LogP contribution in [0.3, 0.4) is 0 Å². The van der Waals surface area contributed by atoms with Gasteiger partial charge in [-0.2, -0.15) is 13.2 Å². The number of hydrogen-bond donors (Lipinski definition) is 1. The highest BCUT2D eigenvalue weighted by molar-refractivity contribution is 7.92. The largest absolute Gasteiger partial charge is 0.411 e. The van der Waals surface area contributed by atoms with Crippen molar-refractivity contribution in [1.82, 2.24) is 9.62 Å². The maximum Gasteiger partial charge on any atom is 0.411 e. The summed E-state index contributed by atoms with van der Waals surface area (Å²) in [7, 11) is -3.72. The van der Waals surface area contributed by atoms with Crippen LogP contribution in [-0.4, -0.2) is 44.9 Å².